The van der Waals surface area contributed by atoms with Crippen LogP contribution in [0.2, 0.25) is 0 Å². The Bertz CT molecular complexity index is 340. The van der Waals surface area contributed by atoms with Gasteiger partial charge in [0.2, 0.25) is 0 Å². The molecule has 2 nitrogen and oxygen atoms in total. The average molecular weight is 192 g/mol. The molecule has 0 atom stereocenters. The number of aldehydes is 1. The number of methoxy groups -OCH3 is 1. The van der Waals surface area contributed by atoms with Gasteiger partial charge in [-0.25, -0.2) is 0 Å². The Morgan fingerprint density at radius 3 is 2.50 bits per heavy atom. The topological polar surface area (TPSA) is 26.3 Å². The Balaban J connectivity index is 3.27. The van der Waals surface area contributed by atoms with Gasteiger partial charge >= 0.3 is 0 Å². The van der Waals surface area contributed by atoms with Crippen LogP contribution in [-0.2, 0) is 10.2 Å². The first kappa shape index (κ1) is 10.8. The summed E-state index contributed by atoms with van der Waals surface area (Å²) in [5.74, 6) is 0.780. The average Bonchev–Trinajstić information content (AvgIpc) is 2.17. The van der Waals surface area contributed by atoms with E-state index < -0.39 is 5.41 Å². The molecule has 0 fully saturated rings. The second kappa shape index (κ2) is 3.82. The zero-order chi connectivity index (χ0) is 10.8. The van der Waals surface area contributed by atoms with Crippen LogP contribution in [0.3, 0.4) is 0 Å². The first-order chi connectivity index (χ1) is 6.51. The Kier molecular flexibility index (Phi) is 2.94. The Morgan fingerprint density at radius 2 is 2.00 bits per heavy atom. The maximum Gasteiger partial charge on any atom is 0.130 e. The van der Waals surface area contributed by atoms with E-state index in [-0.39, 0.29) is 0 Å². The normalized spacial score (nSPS) is 11.1. The van der Waals surface area contributed by atoms with Gasteiger partial charge in [-0.3, -0.25) is 0 Å². The molecule has 1 aromatic carbocycles. The number of hydrogen-bond acceptors (Lipinski definition) is 2. The Labute approximate surface area is 84.9 Å². The molecular weight excluding hydrogens is 176 g/mol. The highest BCUT2D eigenvalue weighted by Crippen LogP contribution is 2.30. The fourth-order valence-corrected chi connectivity index (χ4v) is 1.39. The van der Waals surface area contributed by atoms with Gasteiger partial charge in [-0.1, -0.05) is 12.1 Å². The summed E-state index contributed by atoms with van der Waals surface area (Å²) in [5, 5.41) is 0. The van der Waals surface area contributed by atoms with E-state index in [4.69, 9.17) is 4.74 Å². The third-order valence-electron chi connectivity index (χ3n) is 2.35. The lowest BCUT2D eigenvalue weighted by Crippen LogP contribution is -2.19. The summed E-state index contributed by atoms with van der Waals surface area (Å²) in [6.45, 7) is 5.76. The molecule has 0 aromatic heterocycles. The zero-order valence-corrected chi connectivity index (χ0v) is 9.13. The number of benzene rings is 1. The number of rotatable bonds is 3. The van der Waals surface area contributed by atoms with E-state index in [1.54, 1.807) is 7.11 Å². The molecule has 2 heteroatoms. The second-order valence-electron chi connectivity index (χ2n) is 4.04. The van der Waals surface area contributed by atoms with Crippen molar-refractivity contribution in [3.63, 3.8) is 0 Å². The molecule has 14 heavy (non-hydrogen) atoms. The number of hydrogen-bond donors (Lipinski definition) is 0. The highest BCUT2D eigenvalue weighted by atomic mass is 16.5. The van der Waals surface area contributed by atoms with Gasteiger partial charge in [-0.05, 0) is 32.4 Å². The number of carbonyl (C=O) groups is 1. The van der Waals surface area contributed by atoms with Crippen LogP contribution in [0.25, 0.3) is 0 Å². The number of aryl methyl sites for hydroxylation is 1. The SMILES string of the molecule is COc1cc(C)ccc1C(C)(C)C=O. The van der Waals surface area contributed by atoms with E-state index in [9.17, 15) is 4.79 Å². The van der Waals surface area contributed by atoms with Crippen LogP contribution in [0, 0.1) is 6.92 Å². The third-order valence-corrected chi connectivity index (χ3v) is 2.35. The summed E-state index contributed by atoms with van der Waals surface area (Å²) in [6, 6.07) is 5.88. The lowest BCUT2D eigenvalue weighted by molar-refractivity contribution is -0.111. The minimum Gasteiger partial charge on any atom is -0.496 e. The minimum absolute atomic E-state index is 0.487. The number of ether oxygens (including phenoxy) is 1. The zero-order valence-electron chi connectivity index (χ0n) is 9.13. The molecule has 0 aliphatic carbocycles. The van der Waals surface area contributed by atoms with Crippen molar-refractivity contribution in [2.24, 2.45) is 0 Å². The first-order valence-corrected chi connectivity index (χ1v) is 4.62. The van der Waals surface area contributed by atoms with E-state index in [2.05, 4.69) is 0 Å². The van der Waals surface area contributed by atoms with E-state index in [0.29, 0.717) is 0 Å². The molecule has 0 aliphatic rings. The second-order valence-corrected chi connectivity index (χ2v) is 4.04. The number of carbonyl (C=O) groups excluding carboxylic acids is 1. The molecule has 0 bridgehead atoms. The maximum atomic E-state index is 10.9. The largest absolute Gasteiger partial charge is 0.496 e. The lowest BCUT2D eigenvalue weighted by Gasteiger charge is -2.20. The van der Waals surface area contributed by atoms with E-state index >= 15 is 0 Å². The monoisotopic (exact) mass is 192 g/mol. The fourth-order valence-electron chi connectivity index (χ4n) is 1.39. The highest BCUT2D eigenvalue weighted by molar-refractivity contribution is 5.69. The summed E-state index contributed by atoms with van der Waals surface area (Å²) in [6.07, 6.45) is 0.945. The summed E-state index contributed by atoms with van der Waals surface area (Å²) in [5.41, 5.74) is 1.58. The Hall–Kier alpha value is -1.31. The highest BCUT2D eigenvalue weighted by Gasteiger charge is 2.23. The molecule has 0 saturated carbocycles. The molecule has 0 saturated heterocycles. The van der Waals surface area contributed by atoms with Gasteiger partial charge in [-0.2, -0.15) is 0 Å². The van der Waals surface area contributed by atoms with Gasteiger partial charge in [0.1, 0.15) is 12.0 Å². The molecule has 0 spiro atoms. The molecule has 0 unspecified atom stereocenters. The summed E-state index contributed by atoms with van der Waals surface area (Å²) >= 11 is 0. The Morgan fingerprint density at radius 1 is 1.36 bits per heavy atom. The van der Waals surface area contributed by atoms with Crippen molar-refractivity contribution in [2.75, 3.05) is 7.11 Å². The third kappa shape index (κ3) is 1.95. The summed E-state index contributed by atoms with van der Waals surface area (Å²) in [4.78, 5) is 10.9. The van der Waals surface area contributed by atoms with E-state index in [1.807, 2.05) is 39.0 Å². The summed E-state index contributed by atoms with van der Waals surface area (Å²) in [7, 11) is 1.62. The fraction of sp³-hybridized carbons (Fsp3) is 0.417. The van der Waals surface area contributed by atoms with Crippen molar-refractivity contribution in [1.82, 2.24) is 0 Å². The van der Waals surface area contributed by atoms with Crippen LogP contribution in [0.5, 0.6) is 5.75 Å². The van der Waals surface area contributed by atoms with Crippen molar-refractivity contribution in [1.29, 1.82) is 0 Å². The standard InChI is InChI=1S/C12H16O2/c1-9-5-6-10(11(7-9)14-4)12(2,3)8-13/h5-8H,1-4H3. The molecule has 0 aliphatic heterocycles. The molecule has 1 rings (SSSR count). The maximum absolute atomic E-state index is 10.9. The van der Waals surface area contributed by atoms with Crippen molar-refractivity contribution in [3.8, 4) is 5.75 Å². The molecule has 1 aromatic rings. The van der Waals surface area contributed by atoms with Gasteiger partial charge in [0, 0.05) is 11.0 Å². The van der Waals surface area contributed by atoms with Gasteiger partial charge in [0.25, 0.3) is 0 Å². The molecule has 0 amide bonds. The van der Waals surface area contributed by atoms with E-state index in [0.717, 1.165) is 23.2 Å². The van der Waals surface area contributed by atoms with Crippen molar-refractivity contribution in [3.05, 3.63) is 29.3 Å². The van der Waals surface area contributed by atoms with Crippen molar-refractivity contribution in [2.45, 2.75) is 26.2 Å². The molecule has 0 heterocycles. The predicted octanol–water partition coefficient (Wildman–Crippen LogP) is 2.48. The predicted molar refractivity (Wildman–Crippen MR) is 56.8 cm³/mol. The van der Waals surface area contributed by atoms with Gasteiger partial charge < -0.3 is 9.53 Å². The quantitative estimate of drug-likeness (QED) is 0.688. The first-order valence-electron chi connectivity index (χ1n) is 4.62. The van der Waals surface area contributed by atoms with Crippen LogP contribution in [0.1, 0.15) is 25.0 Å². The smallest absolute Gasteiger partial charge is 0.130 e. The van der Waals surface area contributed by atoms with Crippen molar-refractivity contribution < 1.29 is 9.53 Å². The van der Waals surface area contributed by atoms with Gasteiger partial charge in [0.15, 0.2) is 0 Å². The molecule has 0 N–H and O–H groups in total. The van der Waals surface area contributed by atoms with Crippen molar-refractivity contribution >= 4 is 6.29 Å². The van der Waals surface area contributed by atoms with Gasteiger partial charge in [-0.15, -0.1) is 0 Å². The lowest BCUT2D eigenvalue weighted by atomic mass is 9.85. The molecule has 76 valence electrons. The molecule has 0 radical (unpaired) electrons. The van der Waals surface area contributed by atoms with Crippen LogP contribution in [0.15, 0.2) is 18.2 Å². The van der Waals surface area contributed by atoms with Crippen LogP contribution in [0.4, 0.5) is 0 Å². The van der Waals surface area contributed by atoms with Crippen LogP contribution < -0.4 is 4.74 Å². The van der Waals surface area contributed by atoms with Crippen LogP contribution in [-0.4, -0.2) is 13.4 Å². The summed E-state index contributed by atoms with van der Waals surface area (Å²) < 4.78 is 5.26. The van der Waals surface area contributed by atoms with Crippen LogP contribution >= 0.6 is 0 Å². The van der Waals surface area contributed by atoms with E-state index in [1.165, 1.54) is 0 Å². The molecular formula is C12H16O2. The minimum atomic E-state index is -0.487. The van der Waals surface area contributed by atoms with Gasteiger partial charge in [0.05, 0.1) is 7.11 Å².